The molecule has 0 radical (unpaired) electrons. The topological polar surface area (TPSA) is 29.6 Å². The highest BCUT2D eigenvalue weighted by atomic mass is 16.3. The van der Waals surface area contributed by atoms with Crippen LogP contribution in [0.5, 0.6) is 0 Å². The van der Waals surface area contributed by atoms with Gasteiger partial charge in [-0.05, 0) is 61.8 Å². The van der Waals surface area contributed by atoms with Gasteiger partial charge in [0.2, 0.25) is 0 Å². The number of benzene rings is 1. The molecule has 1 aromatic heterocycles. The van der Waals surface area contributed by atoms with Gasteiger partial charge in [0.1, 0.15) is 19.2 Å². The van der Waals surface area contributed by atoms with Gasteiger partial charge < -0.3 is 14.6 Å². The normalized spacial score (nSPS) is 18.0. The van der Waals surface area contributed by atoms with Crippen molar-refractivity contribution >= 4 is 0 Å². The summed E-state index contributed by atoms with van der Waals surface area (Å²) in [6.45, 7) is 9.25. The molecule has 2 aromatic rings. The molecule has 0 amide bonds. The van der Waals surface area contributed by atoms with Crippen molar-refractivity contribution in [1.29, 1.82) is 0 Å². The van der Waals surface area contributed by atoms with Crippen LogP contribution in [-0.2, 0) is 13.1 Å². The molecular formula is C24H37N2O+. The first-order valence-electron chi connectivity index (χ1n) is 10.8. The van der Waals surface area contributed by atoms with E-state index in [1.54, 1.807) is 4.90 Å². The van der Waals surface area contributed by atoms with Gasteiger partial charge in [-0.3, -0.25) is 0 Å². The number of hydrogen-bond donors (Lipinski definition) is 2. The fraction of sp³-hybridized carbons (Fsp3) is 0.583. The van der Waals surface area contributed by atoms with Crippen LogP contribution in [-0.4, -0.2) is 28.4 Å². The Morgan fingerprint density at radius 3 is 2.52 bits per heavy atom. The molecule has 2 N–H and O–H groups in total. The summed E-state index contributed by atoms with van der Waals surface area (Å²) >= 11 is 0. The Morgan fingerprint density at radius 1 is 1.07 bits per heavy atom. The predicted molar refractivity (Wildman–Crippen MR) is 112 cm³/mol. The standard InChI is InChI=1S/C24H36N2O/c1-19(2)24(27)18-26(22-12-5-4-6-13-22)17-23-14-9-15-25(23)16-21-11-8-7-10-20(21)3/h7-11,14-15,19,22,24,27H,4-6,12-13,16-18H2,1-3H3/p+1/t24-/m0/s1. The minimum absolute atomic E-state index is 0.221. The molecular weight excluding hydrogens is 332 g/mol. The lowest BCUT2D eigenvalue weighted by Crippen LogP contribution is -3.15. The summed E-state index contributed by atoms with van der Waals surface area (Å²) in [6.07, 6.45) is 8.66. The van der Waals surface area contributed by atoms with Gasteiger partial charge in [0.15, 0.2) is 0 Å². The molecule has 3 rings (SSSR count). The van der Waals surface area contributed by atoms with Crippen LogP contribution in [0.1, 0.15) is 62.8 Å². The number of quaternary nitrogens is 1. The van der Waals surface area contributed by atoms with Gasteiger partial charge in [-0.25, -0.2) is 0 Å². The Hall–Kier alpha value is -1.58. The molecule has 1 aromatic carbocycles. The first kappa shape index (κ1) is 20.2. The third kappa shape index (κ3) is 5.46. The lowest BCUT2D eigenvalue weighted by atomic mass is 9.93. The SMILES string of the molecule is Cc1ccccc1Cn1cccc1C[NH+](C[C@H](O)C(C)C)C1CCCCC1. The Bertz CT molecular complexity index is 700. The number of aromatic nitrogens is 1. The summed E-state index contributed by atoms with van der Waals surface area (Å²) in [6, 6.07) is 13.8. The lowest BCUT2D eigenvalue weighted by molar-refractivity contribution is -0.943. The summed E-state index contributed by atoms with van der Waals surface area (Å²) in [5.41, 5.74) is 4.12. The number of aliphatic hydroxyl groups is 1. The number of rotatable bonds is 8. The molecule has 3 heteroatoms. The summed E-state index contributed by atoms with van der Waals surface area (Å²) in [5.74, 6) is 0.322. The summed E-state index contributed by atoms with van der Waals surface area (Å²) in [5, 5.41) is 10.6. The van der Waals surface area contributed by atoms with Crippen molar-refractivity contribution in [2.45, 2.75) is 78.1 Å². The second-order valence-electron chi connectivity index (χ2n) is 8.74. The van der Waals surface area contributed by atoms with E-state index >= 15 is 0 Å². The number of hydrogen-bond acceptors (Lipinski definition) is 1. The maximum absolute atomic E-state index is 10.6. The molecule has 3 nitrogen and oxygen atoms in total. The molecule has 1 unspecified atom stereocenters. The second kappa shape index (κ2) is 9.57. The van der Waals surface area contributed by atoms with E-state index in [1.165, 1.54) is 48.9 Å². The third-order valence-electron chi connectivity index (χ3n) is 6.36. The van der Waals surface area contributed by atoms with Crippen LogP contribution in [0.15, 0.2) is 42.6 Å². The highest BCUT2D eigenvalue weighted by molar-refractivity contribution is 5.26. The van der Waals surface area contributed by atoms with E-state index in [2.05, 4.69) is 67.9 Å². The van der Waals surface area contributed by atoms with E-state index in [4.69, 9.17) is 0 Å². The average Bonchev–Trinajstić information content (AvgIpc) is 3.10. The fourth-order valence-corrected chi connectivity index (χ4v) is 4.37. The molecule has 1 fully saturated rings. The van der Waals surface area contributed by atoms with Crippen LogP contribution in [0.2, 0.25) is 0 Å². The number of nitrogens with zero attached hydrogens (tertiary/aromatic N) is 1. The summed E-state index contributed by atoms with van der Waals surface area (Å²) in [4.78, 5) is 1.57. The van der Waals surface area contributed by atoms with Gasteiger partial charge in [0, 0.05) is 12.7 Å². The van der Waals surface area contributed by atoms with Crippen molar-refractivity contribution in [3.05, 3.63) is 59.4 Å². The highest BCUT2D eigenvalue weighted by Crippen LogP contribution is 2.17. The molecule has 2 atom stereocenters. The van der Waals surface area contributed by atoms with Gasteiger partial charge in [0.05, 0.1) is 11.7 Å². The molecule has 1 heterocycles. The minimum Gasteiger partial charge on any atom is -0.387 e. The largest absolute Gasteiger partial charge is 0.387 e. The molecule has 1 aliphatic carbocycles. The van der Waals surface area contributed by atoms with E-state index in [0.29, 0.717) is 12.0 Å². The Balaban J connectivity index is 1.75. The molecule has 1 saturated carbocycles. The number of aliphatic hydroxyl groups excluding tert-OH is 1. The van der Waals surface area contributed by atoms with Gasteiger partial charge in [0.25, 0.3) is 0 Å². The molecule has 148 valence electrons. The van der Waals surface area contributed by atoms with E-state index < -0.39 is 0 Å². The van der Waals surface area contributed by atoms with Crippen molar-refractivity contribution in [3.8, 4) is 0 Å². The second-order valence-corrected chi connectivity index (χ2v) is 8.74. The van der Waals surface area contributed by atoms with Crippen molar-refractivity contribution in [2.75, 3.05) is 6.54 Å². The number of nitrogens with one attached hydrogen (secondary N) is 1. The van der Waals surface area contributed by atoms with E-state index in [0.717, 1.165) is 19.6 Å². The van der Waals surface area contributed by atoms with Gasteiger partial charge >= 0.3 is 0 Å². The van der Waals surface area contributed by atoms with Crippen molar-refractivity contribution in [1.82, 2.24) is 4.57 Å². The molecule has 1 aliphatic rings. The van der Waals surface area contributed by atoms with Crippen LogP contribution in [0.3, 0.4) is 0 Å². The van der Waals surface area contributed by atoms with Gasteiger partial charge in [-0.1, -0.05) is 44.5 Å². The molecule has 0 aliphatic heterocycles. The van der Waals surface area contributed by atoms with E-state index in [-0.39, 0.29) is 6.10 Å². The van der Waals surface area contributed by atoms with E-state index in [1.807, 2.05) is 0 Å². The van der Waals surface area contributed by atoms with Crippen LogP contribution in [0, 0.1) is 12.8 Å². The molecule has 0 saturated heterocycles. The summed E-state index contributed by atoms with van der Waals surface area (Å²) < 4.78 is 2.40. The highest BCUT2D eigenvalue weighted by Gasteiger charge is 2.28. The Morgan fingerprint density at radius 2 is 1.81 bits per heavy atom. The maximum Gasteiger partial charge on any atom is 0.118 e. The quantitative estimate of drug-likeness (QED) is 0.732. The predicted octanol–water partition coefficient (Wildman–Crippen LogP) is 3.58. The third-order valence-corrected chi connectivity index (χ3v) is 6.36. The molecule has 27 heavy (non-hydrogen) atoms. The van der Waals surface area contributed by atoms with Crippen LogP contribution in [0.25, 0.3) is 0 Å². The average molecular weight is 370 g/mol. The smallest absolute Gasteiger partial charge is 0.118 e. The Kier molecular flexibility index (Phi) is 7.14. The zero-order valence-electron chi connectivity index (χ0n) is 17.3. The maximum atomic E-state index is 10.6. The minimum atomic E-state index is -0.221. The monoisotopic (exact) mass is 369 g/mol. The van der Waals surface area contributed by atoms with Crippen molar-refractivity contribution in [3.63, 3.8) is 0 Å². The Labute approximate surface area is 165 Å². The van der Waals surface area contributed by atoms with Crippen LogP contribution in [0.4, 0.5) is 0 Å². The zero-order valence-corrected chi connectivity index (χ0v) is 17.3. The number of aryl methyl sites for hydroxylation is 1. The lowest BCUT2D eigenvalue weighted by Gasteiger charge is -2.33. The van der Waals surface area contributed by atoms with Crippen LogP contribution < -0.4 is 4.90 Å². The van der Waals surface area contributed by atoms with Crippen molar-refractivity contribution < 1.29 is 10.0 Å². The first-order chi connectivity index (χ1) is 13.0. The summed E-state index contributed by atoms with van der Waals surface area (Å²) in [7, 11) is 0. The first-order valence-corrected chi connectivity index (χ1v) is 10.8. The molecule has 0 spiro atoms. The van der Waals surface area contributed by atoms with Gasteiger partial charge in [-0.15, -0.1) is 0 Å². The fourth-order valence-electron chi connectivity index (χ4n) is 4.37. The van der Waals surface area contributed by atoms with Gasteiger partial charge in [-0.2, -0.15) is 0 Å². The van der Waals surface area contributed by atoms with Crippen molar-refractivity contribution in [2.24, 2.45) is 5.92 Å². The zero-order chi connectivity index (χ0) is 19.2. The van der Waals surface area contributed by atoms with E-state index in [9.17, 15) is 5.11 Å². The van der Waals surface area contributed by atoms with Crippen LogP contribution >= 0.6 is 0 Å². The molecule has 0 bridgehead atoms.